The van der Waals surface area contributed by atoms with Crippen molar-refractivity contribution in [3.63, 3.8) is 0 Å². The van der Waals surface area contributed by atoms with Crippen molar-refractivity contribution in [2.24, 2.45) is 0 Å². The highest BCUT2D eigenvalue weighted by atomic mass is 14.7. The van der Waals surface area contributed by atoms with Crippen molar-refractivity contribution in [3.8, 4) is 11.1 Å². The molecule has 0 spiro atoms. The summed E-state index contributed by atoms with van der Waals surface area (Å²) < 4.78 is 0. The Kier molecular flexibility index (Phi) is 2.34. The molecule has 0 bridgehead atoms. The predicted octanol–water partition coefficient (Wildman–Crippen LogP) is 4.26. The summed E-state index contributed by atoms with van der Waals surface area (Å²) in [5, 5.41) is 0. The first-order valence-corrected chi connectivity index (χ1v) is 6.55. The molecular formula is C17H19N. The molecule has 0 aliphatic heterocycles. The Morgan fingerprint density at radius 2 is 1.89 bits per heavy atom. The minimum atomic E-state index is 0.198. The molecule has 1 aliphatic rings. The van der Waals surface area contributed by atoms with Gasteiger partial charge in [0, 0.05) is 18.2 Å². The monoisotopic (exact) mass is 237 g/mol. The van der Waals surface area contributed by atoms with Crippen LogP contribution in [-0.4, -0.2) is 4.98 Å². The lowest BCUT2D eigenvalue weighted by Gasteiger charge is -2.23. The average Bonchev–Trinajstić information content (AvgIpc) is 2.63. The molecule has 0 radical (unpaired) electrons. The zero-order valence-electron chi connectivity index (χ0n) is 11.5. The molecule has 0 saturated heterocycles. The third-order valence-corrected chi connectivity index (χ3v) is 3.80. The van der Waals surface area contributed by atoms with Crippen molar-refractivity contribution in [2.75, 3.05) is 0 Å². The Morgan fingerprint density at radius 1 is 1.11 bits per heavy atom. The second-order valence-corrected chi connectivity index (χ2v) is 6.25. The topological polar surface area (TPSA) is 12.9 Å². The zero-order chi connectivity index (χ0) is 12.9. The number of fused-ring (bicyclic) bond motifs is 3. The van der Waals surface area contributed by atoms with E-state index in [2.05, 4.69) is 50.9 Å². The van der Waals surface area contributed by atoms with Gasteiger partial charge in [0.1, 0.15) is 0 Å². The number of aromatic nitrogens is 1. The number of hydrogen-bond acceptors (Lipinski definition) is 1. The minimum absolute atomic E-state index is 0.198. The number of aryl methyl sites for hydroxylation is 1. The van der Waals surface area contributed by atoms with Crippen LogP contribution in [0.2, 0.25) is 0 Å². The first-order valence-electron chi connectivity index (χ1n) is 6.55. The van der Waals surface area contributed by atoms with Gasteiger partial charge in [-0.15, -0.1) is 0 Å². The highest BCUT2D eigenvalue weighted by Gasteiger charge is 2.24. The van der Waals surface area contributed by atoms with E-state index in [1.807, 2.05) is 12.3 Å². The van der Waals surface area contributed by atoms with E-state index >= 15 is 0 Å². The number of benzene rings is 1. The quantitative estimate of drug-likeness (QED) is 0.569. The normalized spacial score (nSPS) is 13.3. The van der Waals surface area contributed by atoms with Crippen LogP contribution in [0.15, 0.2) is 30.5 Å². The molecule has 0 atom stereocenters. The fraction of sp³-hybridized carbons (Fsp3) is 0.353. The standard InChI is InChI=1S/C17H19N/c1-11-8-12-9-16-13(6-5-7-18-16)14(12)10-15(11)17(2,3)4/h5-8,10H,9H2,1-4H3. The smallest absolute Gasteiger partial charge is 0.0525 e. The SMILES string of the molecule is Cc1cc2c(cc1C(C)(C)C)-c1cccnc1C2. The summed E-state index contributed by atoms with van der Waals surface area (Å²) in [7, 11) is 0. The molecule has 0 unspecified atom stereocenters. The number of rotatable bonds is 0. The Labute approximate surface area is 109 Å². The molecular weight excluding hydrogens is 218 g/mol. The van der Waals surface area contributed by atoms with Crippen LogP contribution in [0.25, 0.3) is 11.1 Å². The summed E-state index contributed by atoms with van der Waals surface area (Å²) in [6.45, 7) is 9.06. The van der Waals surface area contributed by atoms with Gasteiger partial charge in [0.2, 0.25) is 0 Å². The zero-order valence-corrected chi connectivity index (χ0v) is 11.5. The highest BCUT2D eigenvalue weighted by molar-refractivity contribution is 5.76. The molecule has 18 heavy (non-hydrogen) atoms. The summed E-state index contributed by atoms with van der Waals surface area (Å²) in [6.07, 6.45) is 2.87. The molecule has 0 saturated carbocycles. The third kappa shape index (κ3) is 1.66. The first-order chi connectivity index (χ1) is 8.47. The summed E-state index contributed by atoms with van der Waals surface area (Å²) >= 11 is 0. The molecule has 1 aliphatic carbocycles. The summed E-state index contributed by atoms with van der Waals surface area (Å²) in [6, 6.07) is 8.94. The molecule has 3 rings (SSSR count). The fourth-order valence-corrected chi connectivity index (χ4v) is 2.98. The Morgan fingerprint density at radius 3 is 2.61 bits per heavy atom. The van der Waals surface area contributed by atoms with Crippen LogP contribution in [-0.2, 0) is 11.8 Å². The van der Waals surface area contributed by atoms with E-state index < -0.39 is 0 Å². The van der Waals surface area contributed by atoms with E-state index in [1.165, 1.54) is 33.5 Å². The number of pyridine rings is 1. The summed E-state index contributed by atoms with van der Waals surface area (Å²) in [5.74, 6) is 0. The molecule has 1 aromatic carbocycles. The fourth-order valence-electron chi connectivity index (χ4n) is 2.98. The van der Waals surface area contributed by atoms with Crippen molar-refractivity contribution >= 4 is 0 Å². The van der Waals surface area contributed by atoms with Gasteiger partial charge in [-0.3, -0.25) is 4.98 Å². The van der Waals surface area contributed by atoms with Gasteiger partial charge in [0.05, 0.1) is 5.69 Å². The van der Waals surface area contributed by atoms with Crippen LogP contribution in [0.1, 0.15) is 43.2 Å². The molecule has 2 aromatic rings. The lowest BCUT2D eigenvalue weighted by Crippen LogP contribution is -2.13. The molecule has 0 N–H and O–H groups in total. The van der Waals surface area contributed by atoms with Crippen molar-refractivity contribution < 1.29 is 0 Å². The largest absolute Gasteiger partial charge is 0.260 e. The highest BCUT2D eigenvalue weighted by Crippen LogP contribution is 2.39. The number of nitrogens with zero attached hydrogens (tertiary/aromatic N) is 1. The Hall–Kier alpha value is -1.63. The molecule has 1 aromatic heterocycles. The maximum absolute atomic E-state index is 4.50. The molecule has 92 valence electrons. The van der Waals surface area contributed by atoms with Crippen LogP contribution in [0.5, 0.6) is 0 Å². The van der Waals surface area contributed by atoms with Crippen LogP contribution < -0.4 is 0 Å². The maximum Gasteiger partial charge on any atom is 0.0525 e. The van der Waals surface area contributed by atoms with E-state index in [0.717, 1.165) is 6.42 Å². The van der Waals surface area contributed by atoms with Crippen molar-refractivity contribution in [1.29, 1.82) is 0 Å². The van der Waals surface area contributed by atoms with Gasteiger partial charge in [0.15, 0.2) is 0 Å². The van der Waals surface area contributed by atoms with Crippen LogP contribution in [0.3, 0.4) is 0 Å². The maximum atomic E-state index is 4.50. The van der Waals surface area contributed by atoms with E-state index in [0.29, 0.717) is 0 Å². The van der Waals surface area contributed by atoms with Crippen molar-refractivity contribution in [3.05, 3.63) is 52.8 Å². The van der Waals surface area contributed by atoms with Gasteiger partial charge >= 0.3 is 0 Å². The molecule has 0 amide bonds. The third-order valence-electron chi connectivity index (χ3n) is 3.80. The van der Waals surface area contributed by atoms with E-state index in [4.69, 9.17) is 0 Å². The summed E-state index contributed by atoms with van der Waals surface area (Å²) in [4.78, 5) is 4.50. The molecule has 0 fully saturated rings. The van der Waals surface area contributed by atoms with Crippen molar-refractivity contribution in [1.82, 2.24) is 4.98 Å². The van der Waals surface area contributed by atoms with Gasteiger partial charge in [-0.1, -0.05) is 39.0 Å². The van der Waals surface area contributed by atoms with Gasteiger partial charge in [-0.2, -0.15) is 0 Å². The van der Waals surface area contributed by atoms with Crippen LogP contribution in [0, 0.1) is 6.92 Å². The average molecular weight is 237 g/mol. The van der Waals surface area contributed by atoms with Crippen molar-refractivity contribution in [2.45, 2.75) is 39.5 Å². The van der Waals surface area contributed by atoms with E-state index in [-0.39, 0.29) is 5.41 Å². The Balaban J connectivity index is 2.24. The molecule has 1 heteroatoms. The van der Waals surface area contributed by atoms with E-state index in [1.54, 1.807) is 0 Å². The second kappa shape index (κ2) is 3.68. The lowest BCUT2D eigenvalue weighted by atomic mass is 9.82. The van der Waals surface area contributed by atoms with E-state index in [9.17, 15) is 0 Å². The molecule has 1 heterocycles. The Bertz CT molecular complexity index is 618. The lowest BCUT2D eigenvalue weighted by molar-refractivity contribution is 0.586. The first kappa shape index (κ1) is 11.5. The minimum Gasteiger partial charge on any atom is -0.260 e. The molecule has 1 nitrogen and oxygen atoms in total. The summed E-state index contributed by atoms with van der Waals surface area (Å²) in [5.41, 5.74) is 8.38. The predicted molar refractivity (Wildman–Crippen MR) is 75.9 cm³/mol. The van der Waals surface area contributed by atoms with Crippen LogP contribution >= 0.6 is 0 Å². The van der Waals surface area contributed by atoms with Gasteiger partial charge in [-0.25, -0.2) is 0 Å². The van der Waals surface area contributed by atoms with Gasteiger partial charge in [-0.05, 0) is 40.7 Å². The van der Waals surface area contributed by atoms with Gasteiger partial charge < -0.3 is 0 Å². The van der Waals surface area contributed by atoms with Crippen LogP contribution in [0.4, 0.5) is 0 Å². The van der Waals surface area contributed by atoms with Gasteiger partial charge in [0.25, 0.3) is 0 Å². The second-order valence-electron chi connectivity index (χ2n) is 6.25. The number of hydrogen-bond donors (Lipinski definition) is 0.